The maximum atomic E-state index is 11.9. The van der Waals surface area contributed by atoms with Crippen LogP contribution in [0.25, 0.3) is 0 Å². The maximum absolute atomic E-state index is 11.9. The molecule has 1 aromatic carbocycles. The van der Waals surface area contributed by atoms with Crippen molar-refractivity contribution in [1.82, 2.24) is 0 Å². The molecule has 1 atom stereocenters. The molecule has 0 fully saturated rings. The number of amides is 1. The molecule has 6 heteroatoms. The zero-order valence-electron chi connectivity index (χ0n) is 11.4. The van der Waals surface area contributed by atoms with Crippen LogP contribution in [0.4, 0.5) is 5.69 Å². The molecule has 1 unspecified atom stereocenters. The van der Waals surface area contributed by atoms with Crippen LogP contribution in [0.15, 0.2) is 24.3 Å². The van der Waals surface area contributed by atoms with Crippen molar-refractivity contribution >= 4 is 21.4 Å². The molecule has 0 aliphatic heterocycles. The second kappa shape index (κ2) is 6.16. The molecule has 0 saturated carbocycles. The van der Waals surface area contributed by atoms with Gasteiger partial charge in [0.1, 0.15) is 5.25 Å². The topological polar surface area (TPSA) is 89.3 Å². The van der Waals surface area contributed by atoms with Gasteiger partial charge in [-0.1, -0.05) is 12.1 Å². The Morgan fingerprint density at radius 2 is 1.95 bits per heavy atom. The summed E-state index contributed by atoms with van der Waals surface area (Å²) >= 11 is 0. The van der Waals surface area contributed by atoms with Crippen LogP contribution < -0.4 is 11.1 Å². The highest BCUT2D eigenvalue weighted by Crippen LogP contribution is 2.14. The van der Waals surface area contributed by atoms with E-state index in [0.717, 1.165) is 5.56 Å². The maximum Gasteiger partial charge on any atom is 0.242 e. The minimum absolute atomic E-state index is 0.365. The van der Waals surface area contributed by atoms with Gasteiger partial charge in [-0.3, -0.25) is 4.79 Å². The van der Waals surface area contributed by atoms with E-state index in [4.69, 9.17) is 5.73 Å². The van der Waals surface area contributed by atoms with Crippen LogP contribution in [0.1, 0.15) is 26.3 Å². The largest absolute Gasteiger partial charge is 0.326 e. The van der Waals surface area contributed by atoms with Crippen molar-refractivity contribution in [3.05, 3.63) is 29.8 Å². The standard InChI is InChI=1S/C13H20N2O3S/c1-9(2)19(17,18)10(3)13(16)15-12-6-4-5-11(7-12)8-14/h4-7,9-10H,8,14H2,1-3H3,(H,15,16). The van der Waals surface area contributed by atoms with Gasteiger partial charge >= 0.3 is 0 Å². The Kier molecular flexibility index (Phi) is 5.08. The van der Waals surface area contributed by atoms with E-state index < -0.39 is 26.2 Å². The Morgan fingerprint density at radius 3 is 2.47 bits per heavy atom. The summed E-state index contributed by atoms with van der Waals surface area (Å²) in [5.41, 5.74) is 6.94. The van der Waals surface area contributed by atoms with Gasteiger partial charge in [-0.25, -0.2) is 8.42 Å². The van der Waals surface area contributed by atoms with Crippen molar-refractivity contribution in [2.45, 2.75) is 37.8 Å². The first-order valence-electron chi connectivity index (χ1n) is 6.11. The summed E-state index contributed by atoms with van der Waals surface area (Å²) in [7, 11) is -3.45. The van der Waals surface area contributed by atoms with E-state index in [1.54, 1.807) is 32.0 Å². The van der Waals surface area contributed by atoms with Crippen molar-refractivity contribution in [3.8, 4) is 0 Å². The van der Waals surface area contributed by atoms with Crippen molar-refractivity contribution in [2.24, 2.45) is 5.73 Å². The third kappa shape index (κ3) is 3.78. The lowest BCUT2D eigenvalue weighted by molar-refractivity contribution is -0.115. The summed E-state index contributed by atoms with van der Waals surface area (Å²) in [5.74, 6) is -0.525. The number of anilines is 1. The van der Waals surface area contributed by atoms with Crippen LogP contribution in [0, 0.1) is 0 Å². The number of sulfone groups is 1. The number of nitrogens with one attached hydrogen (secondary N) is 1. The number of carbonyl (C=O) groups is 1. The van der Waals surface area contributed by atoms with Crippen LogP contribution in [0.5, 0.6) is 0 Å². The molecule has 0 saturated heterocycles. The molecule has 0 spiro atoms. The number of carbonyl (C=O) groups excluding carboxylic acids is 1. The highest BCUT2D eigenvalue weighted by molar-refractivity contribution is 7.93. The molecular formula is C13H20N2O3S. The summed E-state index contributed by atoms with van der Waals surface area (Å²) in [4.78, 5) is 11.9. The molecule has 0 aliphatic carbocycles. The number of nitrogens with two attached hydrogens (primary N) is 1. The van der Waals surface area contributed by atoms with E-state index in [9.17, 15) is 13.2 Å². The van der Waals surface area contributed by atoms with Crippen molar-refractivity contribution in [2.75, 3.05) is 5.32 Å². The van der Waals surface area contributed by atoms with E-state index in [2.05, 4.69) is 5.32 Å². The van der Waals surface area contributed by atoms with E-state index in [-0.39, 0.29) is 0 Å². The summed E-state index contributed by atoms with van der Waals surface area (Å²) in [6.45, 7) is 4.89. The fraction of sp³-hybridized carbons (Fsp3) is 0.462. The minimum Gasteiger partial charge on any atom is -0.326 e. The summed E-state index contributed by atoms with van der Waals surface area (Å²) in [6.07, 6.45) is 0. The van der Waals surface area contributed by atoms with Gasteiger partial charge in [-0.15, -0.1) is 0 Å². The lowest BCUT2D eigenvalue weighted by Crippen LogP contribution is -2.36. The van der Waals surface area contributed by atoms with Gasteiger partial charge in [0, 0.05) is 12.2 Å². The monoisotopic (exact) mass is 284 g/mol. The summed E-state index contributed by atoms with van der Waals surface area (Å²) in [6, 6.07) is 7.03. The number of benzene rings is 1. The molecule has 0 radical (unpaired) electrons. The summed E-state index contributed by atoms with van der Waals surface area (Å²) < 4.78 is 23.8. The fourth-order valence-corrected chi connectivity index (χ4v) is 2.75. The Morgan fingerprint density at radius 1 is 1.32 bits per heavy atom. The molecule has 0 aliphatic rings. The van der Waals surface area contributed by atoms with E-state index >= 15 is 0 Å². The first kappa shape index (κ1) is 15.7. The Bertz CT molecular complexity index is 553. The Hall–Kier alpha value is -1.40. The van der Waals surface area contributed by atoms with E-state index in [1.807, 2.05) is 6.07 Å². The zero-order valence-corrected chi connectivity index (χ0v) is 12.2. The number of hydrogen-bond acceptors (Lipinski definition) is 4. The van der Waals surface area contributed by atoms with E-state index in [0.29, 0.717) is 12.2 Å². The Labute approximate surface area is 114 Å². The molecule has 106 valence electrons. The normalized spacial score (nSPS) is 13.3. The van der Waals surface area contributed by atoms with E-state index in [1.165, 1.54) is 6.92 Å². The van der Waals surface area contributed by atoms with Gasteiger partial charge in [0.25, 0.3) is 0 Å². The Balaban J connectivity index is 2.85. The fourth-order valence-electron chi connectivity index (χ4n) is 1.58. The molecule has 1 aromatic rings. The van der Waals surface area contributed by atoms with Gasteiger partial charge in [0.05, 0.1) is 5.25 Å². The molecule has 1 amide bonds. The number of rotatable bonds is 5. The average molecular weight is 284 g/mol. The molecule has 5 nitrogen and oxygen atoms in total. The van der Waals surface area contributed by atoms with Gasteiger partial charge in [0.15, 0.2) is 9.84 Å². The smallest absolute Gasteiger partial charge is 0.242 e. The average Bonchev–Trinajstić information content (AvgIpc) is 2.37. The molecular weight excluding hydrogens is 264 g/mol. The summed E-state index contributed by atoms with van der Waals surface area (Å²) in [5, 5.41) is 0.949. The lowest BCUT2D eigenvalue weighted by Gasteiger charge is -2.16. The lowest BCUT2D eigenvalue weighted by atomic mass is 10.2. The van der Waals surface area contributed by atoms with Crippen molar-refractivity contribution in [3.63, 3.8) is 0 Å². The highest BCUT2D eigenvalue weighted by Gasteiger charge is 2.30. The minimum atomic E-state index is -3.45. The van der Waals surface area contributed by atoms with Gasteiger partial charge < -0.3 is 11.1 Å². The second-order valence-corrected chi connectivity index (χ2v) is 7.50. The molecule has 0 bridgehead atoms. The van der Waals surface area contributed by atoms with Crippen molar-refractivity contribution < 1.29 is 13.2 Å². The first-order chi connectivity index (χ1) is 8.78. The second-order valence-electron chi connectivity index (χ2n) is 4.67. The first-order valence-corrected chi connectivity index (χ1v) is 7.72. The van der Waals surface area contributed by atoms with Gasteiger partial charge in [0.2, 0.25) is 5.91 Å². The quantitative estimate of drug-likeness (QED) is 0.852. The molecule has 3 N–H and O–H groups in total. The molecule has 0 heterocycles. The predicted molar refractivity (Wildman–Crippen MR) is 76.5 cm³/mol. The van der Waals surface area contributed by atoms with Crippen LogP contribution in [0.2, 0.25) is 0 Å². The zero-order chi connectivity index (χ0) is 14.6. The van der Waals surface area contributed by atoms with Gasteiger partial charge in [-0.05, 0) is 38.5 Å². The van der Waals surface area contributed by atoms with Crippen LogP contribution >= 0.6 is 0 Å². The molecule has 1 rings (SSSR count). The van der Waals surface area contributed by atoms with Gasteiger partial charge in [-0.2, -0.15) is 0 Å². The van der Waals surface area contributed by atoms with Crippen molar-refractivity contribution in [1.29, 1.82) is 0 Å². The predicted octanol–water partition coefficient (Wildman–Crippen LogP) is 1.30. The van der Waals surface area contributed by atoms with Crippen LogP contribution in [0.3, 0.4) is 0 Å². The SMILES string of the molecule is CC(C)S(=O)(=O)C(C)C(=O)Nc1cccc(CN)c1. The third-order valence-electron chi connectivity index (χ3n) is 2.95. The van der Waals surface area contributed by atoms with Crippen LogP contribution in [-0.2, 0) is 21.2 Å². The number of hydrogen-bond donors (Lipinski definition) is 2. The molecule has 0 aromatic heterocycles. The van der Waals surface area contributed by atoms with Crippen LogP contribution in [-0.4, -0.2) is 24.8 Å². The molecule has 19 heavy (non-hydrogen) atoms. The third-order valence-corrected chi connectivity index (χ3v) is 5.46. The highest BCUT2D eigenvalue weighted by atomic mass is 32.2.